The third-order valence-corrected chi connectivity index (χ3v) is 5.53. The number of carbonyl (C=O) groups excluding carboxylic acids is 2. The SMILES string of the molecule is Cl.NCCCOC1CCN(C(=O)CCNC(=O)N2CCc3ccccc3C2)CC1. The Morgan fingerprint density at radius 3 is 2.55 bits per heavy atom. The van der Waals surface area contributed by atoms with E-state index in [1.54, 1.807) is 0 Å². The quantitative estimate of drug-likeness (QED) is 0.654. The summed E-state index contributed by atoms with van der Waals surface area (Å²) in [5.74, 6) is 0.102. The Morgan fingerprint density at radius 2 is 1.83 bits per heavy atom. The van der Waals surface area contributed by atoms with Crippen molar-refractivity contribution in [1.82, 2.24) is 15.1 Å². The largest absolute Gasteiger partial charge is 0.378 e. The predicted octanol–water partition coefficient (Wildman–Crippen LogP) is 1.92. The average molecular weight is 425 g/mol. The molecule has 3 rings (SSSR count). The van der Waals surface area contributed by atoms with Gasteiger partial charge in [0.05, 0.1) is 6.10 Å². The van der Waals surface area contributed by atoms with E-state index in [0.717, 1.165) is 38.8 Å². The van der Waals surface area contributed by atoms with Crippen LogP contribution in [0.2, 0.25) is 0 Å². The molecule has 1 saturated heterocycles. The van der Waals surface area contributed by atoms with Crippen LogP contribution < -0.4 is 11.1 Å². The normalized spacial score (nSPS) is 16.7. The van der Waals surface area contributed by atoms with Gasteiger partial charge >= 0.3 is 6.03 Å². The van der Waals surface area contributed by atoms with Gasteiger partial charge in [0, 0.05) is 45.8 Å². The van der Waals surface area contributed by atoms with Crippen LogP contribution in [0.25, 0.3) is 0 Å². The maximum Gasteiger partial charge on any atom is 0.317 e. The van der Waals surface area contributed by atoms with Crippen LogP contribution in [0.4, 0.5) is 4.79 Å². The Morgan fingerprint density at radius 1 is 1.10 bits per heavy atom. The third-order valence-electron chi connectivity index (χ3n) is 5.53. The summed E-state index contributed by atoms with van der Waals surface area (Å²) in [7, 11) is 0. The first-order valence-electron chi connectivity index (χ1n) is 10.4. The number of piperidine rings is 1. The molecule has 29 heavy (non-hydrogen) atoms. The zero-order chi connectivity index (χ0) is 19.8. The molecule has 3 amide bonds. The van der Waals surface area contributed by atoms with Gasteiger partial charge in [0.15, 0.2) is 0 Å². The van der Waals surface area contributed by atoms with Crippen molar-refractivity contribution in [2.24, 2.45) is 5.73 Å². The number of nitrogens with zero attached hydrogens (tertiary/aromatic N) is 2. The Labute approximate surface area is 179 Å². The highest BCUT2D eigenvalue weighted by atomic mass is 35.5. The van der Waals surface area contributed by atoms with Crippen LogP contribution in [0.1, 0.15) is 36.8 Å². The summed E-state index contributed by atoms with van der Waals surface area (Å²) >= 11 is 0. The van der Waals surface area contributed by atoms with E-state index in [1.807, 2.05) is 21.9 Å². The summed E-state index contributed by atoms with van der Waals surface area (Å²) in [4.78, 5) is 28.5. The third kappa shape index (κ3) is 6.87. The number of ether oxygens (including phenoxy) is 1. The van der Waals surface area contributed by atoms with Gasteiger partial charge in [0.25, 0.3) is 0 Å². The fourth-order valence-corrected chi connectivity index (χ4v) is 3.82. The number of hydrogen-bond acceptors (Lipinski definition) is 4. The molecule has 2 aliphatic rings. The van der Waals surface area contributed by atoms with E-state index in [0.29, 0.717) is 39.2 Å². The number of hydrogen-bond donors (Lipinski definition) is 2. The van der Waals surface area contributed by atoms with E-state index in [9.17, 15) is 9.59 Å². The Kier molecular flexibility index (Phi) is 9.70. The molecule has 0 spiro atoms. The smallest absolute Gasteiger partial charge is 0.317 e. The van der Waals surface area contributed by atoms with Crippen LogP contribution in [0, 0.1) is 0 Å². The number of fused-ring (bicyclic) bond motifs is 1. The number of halogens is 1. The molecule has 162 valence electrons. The van der Waals surface area contributed by atoms with Gasteiger partial charge in [-0.25, -0.2) is 4.79 Å². The Hall–Kier alpha value is -1.83. The lowest BCUT2D eigenvalue weighted by atomic mass is 10.0. The second-order valence-corrected chi connectivity index (χ2v) is 7.52. The highest BCUT2D eigenvalue weighted by Gasteiger charge is 2.24. The van der Waals surface area contributed by atoms with Gasteiger partial charge < -0.3 is 25.6 Å². The van der Waals surface area contributed by atoms with Crippen molar-refractivity contribution >= 4 is 24.3 Å². The first kappa shape index (κ1) is 23.4. The number of likely N-dealkylation sites (tertiary alicyclic amines) is 1. The summed E-state index contributed by atoms with van der Waals surface area (Å²) in [6.45, 7) is 4.52. The van der Waals surface area contributed by atoms with Crippen molar-refractivity contribution in [3.8, 4) is 0 Å². The Balaban J connectivity index is 0.00000300. The van der Waals surface area contributed by atoms with Gasteiger partial charge in [-0.15, -0.1) is 12.4 Å². The van der Waals surface area contributed by atoms with E-state index < -0.39 is 0 Å². The molecule has 0 radical (unpaired) electrons. The van der Waals surface area contributed by atoms with Crippen LogP contribution in [0.15, 0.2) is 24.3 Å². The number of amides is 3. The molecular formula is C21H33ClN4O3. The lowest BCUT2D eigenvalue weighted by molar-refractivity contribution is -0.133. The minimum atomic E-state index is -0.0886. The van der Waals surface area contributed by atoms with Crippen molar-refractivity contribution in [3.05, 3.63) is 35.4 Å². The number of nitrogens with two attached hydrogens (primary N) is 1. The monoisotopic (exact) mass is 424 g/mol. The highest BCUT2D eigenvalue weighted by molar-refractivity contribution is 5.85. The lowest BCUT2D eigenvalue weighted by Crippen LogP contribution is -2.45. The molecule has 0 saturated carbocycles. The molecule has 2 heterocycles. The Bertz CT molecular complexity index is 665. The van der Waals surface area contributed by atoms with Gasteiger partial charge in [-0.2, -0.15) is 0 Å². The molecule has 0 bridgehead atoms. The van der Waals surface area contributed by atoms with Crippen LogP contribution >= 0.6 is 12.4 Å². The van der Waals surface area contributed by atoms with Crippen LogP contribution in [-0.4, -0.2) is 67.2 Å². The zero-order valence-corrected chi connectivity index (χ0v) is 17.8. The minimum absolute atomic E-state index is 0. The molecular weight excluding hydrogens is 392 g/mol. The van der Waals surface area contributed by atoms with Crippen LogP contribution in [0.5, 0.6) is 0 Å². The molecule has 0 unspecified atom stereocenters. The average Bonchev–Trinajstić information content (AvgIpc) is 2.74. The first-order valence-corrected chi connectivity index (χ1v) is 10.4. The molecule has 8 heteroatoms. The summed E-state index contributed by atoms with van der Waals surface area (Å²) < 4.78 is 5.78. The number of rotatable bonds is 7. The zero-order valence-electron chi connectivity index (χ0n) is 17.0. The number of carbonyl (C=O) groups is 2. The van der Waals surface area contributed by atoms with Gasteiger partial charge in [-0.1, -0.05) is 24.3 Å². The van der Waals surface area contributed by atoms with Gasteiger partial charge in [-0.05, 0) is 43.4 Å². The highest BCUT2D eigenvalue weighted by Crippen LogP contribution is 2.18. The molecule has 1 aromatic carbocycles. The van der Waals surface area contributed by atoms with E-state index in [4.69, 9.17) is 10.5 Å². The minimum Gasteiger partial charge on any atom is -0.378 e. The summed E-state index contributed by atoms with van der Waals surface area (Å²) in [6.07, 6.45) is 4.07. The standard InChI is InChI=1S/C21H32N4O3.ClH/c22-10-3-15-28-19-8-13-24(14-9-19)20(26)6-11-23-21(27)25-12-7-17-4-1-2-5-18(17)16-25;/h1-2,4-5,19H,3,6-16,22H2,(H,23,27);1H. The second-order valence-electron chi connectivity index (χ2n) is 7.52. The molecule has 0 atom stereocenters. The molecule has 2 aliphatic heterocycles. The number of urea groups is 1. The molecule has 1 fully saturated rings. The van der Waals surface area contributed by atoms with Gasteiger partial charge in [0.2, 0.25) is 5.91 Å². The van der Waals surface area contributed by atoms with Crippen molar-refractivity contribution in [2.75, 3.05) is 39.3 Å². The van der Waals surface area contributed by atoms with Gasteiger partial charge in [-0.3, -0.25) is 4.79 Å². The van der Waals surface area contributed by atoms with Crippen LogP contribution in [0.3, 0.4) is 0 Å². The molecule has 3 N–H and O–H groups in total. The second kappa shape index (κ2) is 12.0. The lowest BCUT2D eigenvalue weighted by Gasteiger charge is -2.32. The number of benzene rings is 1. The van der Waals surface area contributed by atoms with E-state index in [-0.39, 0.29) is 30.4 Å². The van der Waals surface area contributed by atoms with Crippen molar-refractivity contribution < 1.29 is 14.3 Å². The number of nitrogens with one attached hydrogen (secondary N) is 1. The van der Waals surface area contributed by atoms with Crippen molar-refractivity contribution in [1.29, 1.82) is 0 Å². The maximum absolute atomic E-state index is 12.4. The fraction of sp³-hybridized carbons (Fsp3) is 0.619. The van der Waals surface area contributed by atoms with Gasteiger partial charge in [0.1, 0.15) is 0 Å². The van der Waals surface area contributed by atoms with E-state index in [1.165, 1.54) is 11.1 Å². The van der Waals surface area contributed by atoms with Crippen molar-refractivity contribution in [3.63, 3.8) is 0 Å². The first-order chi connectivity index (χ1) is 13.7. The molecule has 0 aromatic heterocycles. The summed E-state index contributed by atoms with van der Waals surface area (Å²) in [5.41, 5.74) is 8.00. The predicted molar refractivity (Wildman–Crippen MR) is 115 cm³/mol. The fourth-order valence-electron chi connectivity index (χ4n) is 3.82. The molecule has 0 aliphatic carbocycles. The van der Waals surface area contributed by atoms with Crippen molar-refractivity contribution in [2.45, 2.75) is 44.8 Å². The summed E-state index contributed by atoms with van der Waals surface area (Å²) in [6, 6.07) is 8.15. The molecule has 1 aromatic rings. The maximum atomic E-state index is 12.4. The summed E-state index contributed by atoms with van der Waals surface area (Å²) in [5, 5.41) is 2.90. The van der Waals surface area contributed by atoms with Crippen LogP contribution in [-0.2, 0) is 22.5 Å². The molecule has 7 nitrogen and oxygen atoms in total. The van der Waals surface area contributed by atoms with E-state index in [2.05, 4.69) is 17.4 Å². The van der Waals surface area contributed by atoms with E-state index >= 15 is 0 Å². The topological polar surface area (TPSA) is 87.9 Å².